The van der Waals surface area contributed by atoms with Crippen LogP contribution in [0.3, 0.4) is 0 Å². The van der Waals surface area contributed by atoms with Crippen LogP contribution in [-0.4, -0.2) is 58.8 Å². The molecule has 0 saturated carbocycles. The standard InChI is InChI=1S/C25H27NO7/c1-3-22(27)31-17-15-30-13-12-26-25(28)33-24-20-10-6-4-8-18(20)23(32-16-14-29-2)19-9-5-7-11-21(19)24/h3-11H,1,12-17H2,2H3,(H,26,28). The van der Waals surface area contributed by atoms with Crippen molar-refractivity contribution >= 4 is 33.6 Å². The third-order valence-electron chi connectivity index (χ3n) is 4.72. The molecule has 1 N–H and O–H groups in total. The molecule has 3 aromatic carbocycles. The Morgan fingerprint density at radius 1 is 0.848 bits per heavy atom. The molecule has 0 aliphatic rings. The van der Waals surface area contributed by atoms with Crippen molar-refractivity contribution in [3.8, 4) is 11.5 Å². The molecule has 0 aliphatic carbocycles. The summed E-state index contributed by atoms with van der Waals surface area (Å²) >= 11 is 0. The van der Waals surface area contributed by atoms with Crippen molar-refractivity contribution in [2.75, 3.05) is 46.7 Å². The summed E-state index contributed by atoms with van der Waals surface area (Å²) in [6.45, 7) is 4.99. The zero-order chi connectivity index (χ0) is 23.5. The van der Waals surface area contributed by atoms with Crippen LogP contribution in [0.15, 0.2) is 61.2 Å². The van der Waals surface area contributed by atoms with Crippen LogP contribution in [0.4, 0.5) is 4.79 Å². The predicted molar refractivity (Wildman–Crippen MR) is 125 cm³/mol. The number of ether oxygens (including phenoxy) is 5. The van der Waals surface area contributed by atoms with Gasteiger partial charge in [0.05, 0.1) is 19.8 Å². The minimum Gasteiger partial charge on any atom is -0.490 e. The topological polar surface area (TPSA) is 92.3 Å². The number of amides is 1. The van der Waals surface area contributed by atoms with E-state index in [1.165, 1.54) is 0 Å². The maximum absolute atomic E-state index is 12.5. The van der Waals surface area contributed by atoms with Crippen molar-refractivity contribution in [3.63, 3.8) is 0 Å². The van der Waals surface area contributed by atoms with Crippen LogP contribution in [0.25, 0.3) is 21.5 Å². The summed E-state index contributed by atoms with van der Waals surface area (Å²) in [6.07, 6.45) is 0.489. The van der Waals surface area contributed by atoms with Crippen LogP contribution in [0.1, 0.15) is 0 Å². The first kappa shape index (κ1) is 24.0. The molecule has 1 amide bonds. The van der Waals surface area contributed by atoms with Crippen LogP contribution in [0.2, 0.25) is 0 Å². The molecule has 0 heterocycles. The molecule has 3 rings (SSSR count). The second-order valence-corrected chi connectivity index (χ2v) is 6.89. The monoisotopic (exact) mass is 453 g/mol. The summed E-state index contributed by atoms with van der Waals surface area (Å²) in [5.41, 5.74) is 0. The molecule has 0 radical (unpaired) electrons. The van der Waals surface area contributed by atoms with Gasteiger partial charge in [-0.15, -0.1) is 0 Å². The molecule has 0 saturated heterocycles. The molecule has 0 aromatic heterocycles. The van der Waals surface area contributed by atoms with Crippen LogP contribution in [0.5, 0.6) is 11.5 Å². The second kappa shape index (κ2) is 12.4. The molecule has 0 bridgehead atoms. The smallest absolute Gasteiger partial charge is 0.412 e. The maximum atomic E-state index is 12.5. The van der Waals surface area contributed by atoms with Gasteiger partial charge < -0.3 is 29.0 Å². The van der Waals surface area contributed by atoms with Crippen LogP contribution in [0, 0.1) is 0 Å². The van der Waals surface area contributed by atoms with Gasteiger partial charge in [-0.25, -0.2) is 9.59 Å². The highest BCUT2D eigenvalue weighted by Crippen LogP contribution is 2.42. The minimum atomic E-state index is -0.597. The molecule has 8 heteroatoms. The largest absolute Gasteiger partial charge is 0.490 e. The zero-order valence-electron chi connectivity index (χ0n) is 18.5. The summed E-state index contributed by atoms with van der Waals surface area (Å²) < 4.78 is 27.0. The van der Waals surface area contributed by atoms with E-state index in [0.717, 1.165) is 33.4 Å². The predicted octanol–water partition coefficient (Wildman–Crippen LogP) is 3.85. The Kier molecular flexibility index (Phi) is 9.05. The Balaban J connectivity index is 1.70. The van der Waals surface area contributed by atoms with E-state index in [0.29, 0.717) is 19.0 Å². The molecule has 0 unspecified atom stereocenters. The lowest BCUT2D eigenvalue weighted by Gasteiger charge is -2.17. The highest BCUT2D eigenvalue weighted by Gasteiger charge is 2.18. The molecular formula is C25H27NO7. The Bertz CT molecular complexity index is 1060. The van der Waals surface area contributed by atoms with E-state index in [4.69, 9.17) is 23.7 Å². The number of methoxy groups -OCH3 is 1. The molecule has 0 aliphatic heterocycles. The van der Waals surface area contributed by atoms with E-state index < -0.39 is 12.1 Å². The van der Waals surface area contributed by atoms with Crippen molar-refractivity contribution in [3.05, 3.63) is 61.2 Å². The average Bonchev–Trinajstić information content (AvgIpc) is 2.84. The quantitative estimate of drug-likeness (QED) is 0.193. The van der Waals surface area contributed by atoms with Gasteiger partial charge in [0.1, 0.15) is 24.7 Å². The zero-order valence-corrected chi connectivity index (χ0v) is 18.5. The summed E-state index contributed by atoms with van der Waals surface area (Å²) in [4.78, 5) is 23.4. The van der Waals surface area contributed by atoms with Gasteiger partial charge in [0.15, 0.2) is 0 Å². The number of carbonyl (C=O) groups is 2. The summed E-state index contributed by atoms with van der Waals surface area (Å²) in [5, 5.41) is 5.88. The molecule has 0 atom stereocenters. The number of rotatable bonds is 12. The van der Waals surface area contributed by atoms with Crippen molar-refractivity contribution in [1.29, 1.82) is 0 Å². The first-order chi connectivity index (χ1) is 16.2. The molecule has 3 aromatic rings. The highest BCUT2D eigenvalue weighted by atomic mass is 16.6. The fourth-order valence-corrected chi connectivity index (χ4v) is 3.26. The summed E-state index contributed by atoms with van der Waals surface area (Å²) in [6, 6.07) is 15.2. The lowest BCUT2D eigenvalue weighted by atomic mass is 10.0. The Morgan fingerprint density at radius 2 is 1.45 bits per heavy atom. The van der Waals surface area contributed by atoms with Gasteiger partial charge in [-0.3, -0.25) is 0 Å². The lowest BCUT2D eigenvalue weighted by Crippen LogP contribution is -2.30. The van der Waals surface area contributed by atoms with Gasteiger partial charge in [0.2, 0.25) is 0 Å². The van der Waals surface area contributed by atoms with Crippen molar-refractivity contribution in [2.24, 2.45) is 0 Å². The average molecular weight is 453 g/mol. The Labute approximate surface area is 192 Å². The fraction of sp³-hybridized carbons (Fsp3) is 0.280. The molecule has 0 fully saturated rings. The van der Waals surface area contributed by atoms with E-state index in [1.54, 1.807) is 7.11 Å². The Morgan fingerprint density at radius 3 is 2.03 bits per heavy atom. The Hall–Kier alpha value is -3.62. The molecular weight excluding hydrogens is 426 g/mol. The first-order valence-corrected chi connectivity index (χ1v) is 10.5. The first-order valence-electron chi connectivity index (χ1n) is 10.5. The van der Waals surface area contributed by atoms with Gasteiger partial charge in [0.25, 0.3) is 0 Å². The molecule has 174 valence electrons. The van der Waals surface area contributed by atoms with Crippen molar-refractivity contribution in [1.82, 2.24) is 5.32 Å². The van der Waals surface area contributed by atoms with Crippen molar-refractivity contribution in [2.45, 2.75) is 0 Å². The van der Waals surface area contributed by atoms with E-state index >= 15 is 0 Å². The normalized spacial score (nSPS) is 10.7. The van der Waals surface area contributed by atoms with Crippen LogP contribution in [-0.2, 0) is 19.0 Å². The number of nitrogens with one attached hydrogen (secondary N) is 1. The third kappa shape index (κ3) is 6.44. The lowest BCUT2D eigenvalue weighted by molar-refractivity contribution is -0.139. The number of fused-ring (bicyclic) bond motifs is 2. The van der Waals surface area contributed by atoms with Crippen LogP contribution >= 0.6 is 0 Å². The van der Waals surface area contributed by atoms with Crippen LogP contribution < -0.4 is 14.8 Å². The molecule has 8 nitrogen and oxygen atoms in total. The highest BCUT2D eigenvalue weighted by molar-refractivity contribution is 6.11. The second-order valence-electron chi connectivity index (χ2n) is 6.89. The van der Waals surface area contributed by atoms with E-state index in [-0.39, 0.29) is 26.4 Å². The third-order valence-corrected chi connectivity index (χ3v) is 4.72. The fourth-order valence-electron chi connectivity index (χ4n) is 3.26. The molecule has 0 spiro atoms. The number of carbonyl (C=O) groups excluding carboxylic acids is 2. The van der Waals surface area contributed by atoms with Gasteiger partial charge in [-0.1, -0.05) is 55.1 Å². The SMILES string of the molecule is C=CC(=O)OCCOCCNC(=O)Oc1c2ccccc2c(OCCOC)c2ccccc12. The van der Waals surface area contributed by atoms with Gasteiger partial charge >= 0.3 is 12.1 Å². The van der Waals surface area contributed by atoms with E-state index in [1.807, 2.05) is 48.5 Å². The van der Waals surface area contributed by atoms with Crippen molar-refractivity contribution < 1.29 is 33.3 Å². The number of esters is 1. The number of benzene rings is 3. The van der Waals surface area contributed by atoms with E-state index in [9.17, 15) is 9.59 Å². The maximum Gasteiger partial charge on any atom is 0.412 e. The van der Waals surface area contributed by atoms with Gasteiger partial charge in [-0.05, 0) is 0 Å². The number of hydrogen-bond acceptors (Lipinski definition) is 7. The van der Waals surface area contributed by atoms with Gasteiger partial charge in [0, 0.05) is 41.3 Å². The van der Waals surface area contributed by atoms with E-state index in [2.05, 4.69) is 11.9 Å². The molecule has 33 heavy (non-hydrogen) atoms. The summed E-state index contributed by atoms with van der Waals surface area (Å²) in [5.74, 6) is 0.668. The summed E-state index contributed by atoms with van der Waals surface area (Å²) in [7, 11) is 1.62. The number of hydrogen-bond donors (Lipinski definition) is 1. The minimum absolute atomic E-state index is 0.117. The van der Waals surface area contributed by atoms with Gasteiger partial charge in [-0.2, -0.15) is 0 Å².